The van der Waals surface area contributed by atoms with Crippen molar-refractivity contribution in [3.8, 4) is 11.3 Å². The van der Waals surface area contributed by atoms with E-state index >= 15 is 0 Å². The first-order valence-electron chi connectivity index (χ1n) is 8.44. The zero-order valence-corrected chi connectivity index (χ0v) is 16.8. The summed E-state index contributed by atoms with van der Waals surface area (Å²) in [5, 5.41) is 4.64. The van der Waals surface area contributed by atoms with E-state index in [1.165, 1.54) is 11.3 Å². The molecule has 2 heterocycles. The standard InChI is InChI=1S/C21H14Cl2N2O2S/c22-15-7-5-13(6-8-15)18-9-10-19(27-18)20(26)25-21-24-12-16(28-21)11-14-3-1-2-4-17(14)23/h1-10,12H,11H2,(H,24,25,26). The fourth-order valence-electron chi connectivity index (χ4n) is 2.66. The molecular formula is C21H14Cl2N2O2S. The van der Waals surface area contributed by atoms with Gasteiger partial charge in [-0.1, -0.05) is 41.4 Å². The van der Waals surface area contributed by atoms with Crippen LogP contribution in [0.3, 0.4) is 0 Å². The van der Waals surface area contributed by atoms with Crippen LogP contribution < -0.4 is 5.32 Å². The van der Waals surface area contributed by atoms with Crippen molar-refractivity contribution in [3.05, 3.63) is 93.1 Å². The predicted octanol–water partition coefficient (Wildman–Crippen LogP) is 6.55. The van der Waals surface area contributed by atoms with Gasteiger partial charge in [-0.3, -0.25) is 10.1 Å². The number of hydrogen-bond acceptors (Lipinski definition) is 4. The van der Waals surface area contributed by atoms with Crippen LogP contribution in [0.5, 0.6) is 0 Å². The van der Waals surface area contributed by atoms with Crippen LogP contribution in [0.2, 0.25) is 10.0 Å². The van der Waals surface area contributed by atoms with Crippen molar-refractivity contribution in [3.63, 3.8) is 0 Å². The summed E-state index contributed by atoms with van der Waals surface area (Å²) >= 11 is 13.5. The first kappa shape index (κ1) is 18.7. The Bertz CT molecular complexity index is 1120. The summed E-state index contributed by atoms with van der Waals surface area (Å²) in [6, 6.07) is 18.3. The van der Waals surface area contributed by atoms with E-state index in [4.69, 9.17) is 27.6 Å². The highest BCUT2D eigenvalue weighted by Gasteiger charge is 2.15. The molecule has 0 fully saturated rings. The Morgan fingerprint density at radius 3 is 2.61 bits per heavy atom. The maximum atomic E-state index is 12.5. The number of aromatic nitrogens is 1. The molecule has 0 atom stereocenters. The number of carbonyl (C=O) groups is 1. The summed E-state index contributed by atoms with van der Waals surface area (Å²) in [6.07, 6.45) is 2.40. The van der Waals surface area contributed by atoms with Crippen molar-refractivity contribution in [1.82, 2.24) is 4.98 Å². The third-order valence-corrected chi connectivity index (χ3v) is 5.59. The lowest BCUT2D eigenvalue weighted by molar-refractivity contribution is 0.0997. The zero-order valence-electron chi connectivity index (χ0n) is 14.5. The minimum atomic E-state index is -0.348. The Hall–Kier alpha value is -2.60. The smallest absolute Gasteiger partial charge is 0.293 e. The van der Waals surface area contributed by atoms with E-state index in [-0.39, 0.29) is 11.7 Å². The van der Waals surface area contributed by atoms with Gasteiger partial charge in [-0.2, -0.15) is 0 Å². The maximum absolute atomic E-state index is 12.5. The number of nitrogens with zero attached hydrogens (tertiary/aromatic N) is 1. The first-order chi connectivity index (χ1) is 13.6. The van der Waals surface area contributed by atoms with Gasteiger partial charge in [0.1, 0.15) is 5.76 Å². The van der Waals surface area contributed by atoms with Crippen LogP contribution in [0.25, 0.3) is 11.3 Å². The van der Waals surface area contributed by atoms with E-state index in [2.05, 4.69) is 10.3 Å². The largest absolute Gasteiger partial charge is 0.451 e. The molecule has 0 aliphatic heterocycles. The number of nitrogens with one attached hydrogen (secondary N) is 1. The van der Waals surface area contributed by atoms with Gasteiger partial charge in [0.05, 0.1) is 0 Å². The van der Waals surface area contributed by atoms with Gasteiger partial charge in [-0.15, -0.1) is 11.3 Å². The summed E-state index contributed by atoms with van der Waals surface area (Å²) in [6.45, 7) is 0. The highest BCUT2D eigenvalue weighted by Crippen LogP contribution is 2.27. The quantitative estimate of drug-likeness (QED) is 0.391. The van der Waals surface area contributed by atoms with Crippen molar-refractivity contribution in [2.24, 2.45) is 0 Å². The molecule has 28 heavy (non-hydrogen) atoms. The van der Waals surface area contributed by atoms with Crippen LogP contribution >= 0.6 is 34.5 Å². The number of benzene rings is 2. The van der Waals surface area contributed by atoms with Crippen molar-refractivity contribution >= 4 is 45.6 Å². The average Bonchev–Trinajstić information content (AvgIpc) is 3.34. The molecule has 0 radical (unpaired) electrons. The van der Waals surface area contributed by atoms with Gasteiger partial charge < -0.3 is 4.42 Å². The fourth-order valence-corrected chi connectivity index (χ4v) is 3.82. The van der Waals surface area contributed by atoms with Crippen molar-refractivity contribution in [1.29, 1.82) is 0 Å². The minimum Gasteiger partial charge on any atom is -0.451 e. The second kappa shape index (κ2) is 8.19. The summed E-state index contributed by atoms with van der Waals surface area (Å²) in [7, 11) is 0. The second-order valence-corrected chi connectivity index (χ2v) is 7.98. The van der Waals surface area contributed by atoms with Crippen LogP contribution in [0, 0.1) is 0 Å². The summed E-state index contributed by atoms with van der Waals surface area (Å²) in [5.41, 5.74) is 1.86. The number of thiazole rings is 1. The lowest BCUT2D eigenvalue weighted by Crippen LogP contribution is -2.10. The Kier molecular flexibility index (Phi) is 5.48. The monoisotopic (exact) mass is 428 g/mol. The van der Waals surface area contributed by atoms with Gasteiger partial charge in [0.15, 0.2) is 10.9 Å². The van der Waals surface area contributed by atoms with Crippen LogP contribution in [0.1, 0.15) is 21.0 Å². The number of carbonyl (C=O) groups excluding carboxylic acids is 1. The number of halogens is 2. The SMILES string of the molecule is O=C(Nc1ncc(Cc2ccccc2Cl)s1)c1ccc(-c2ccc(Cl)cc2)o1. The topological polar surface area (TPSA) is 55.1 Å². The average molecular weight is 429 g/mol. The number of amides is 1. The lowest BCUT2D eigenvalue weighted by Gasteiger charge is -2.01. The third kappa shape index (κ3) is 4.28. The van der Waals surface area contributed by atoms with Gasteiger partial charge in [-0.05, 0) is 48.0 Å². The molecular weight excluding hydrogens is 415 g/mol. The van der Waals surface area contributed by atoms with Crippen molar-refractivity contribution in [2.75, 3.05) is 5.32 Å². The van der Waals surface area contributed by atoms with E-state index in [0.29, 0.717) is 27.4 Å². The zero-order chi connectivity index (χ0) is 19.5. The number of furan rings is 1. The molecule has 0 saturated heterocycles. The van der Waals surface area contributed by atoms with E-state index in [1.807, 2.05) is 36.4 Å². The molecule has 0 saturated carbocycles. The van der Waals surface area contributed by atoms with E-state index in [0.717, 1.165) is 16.0 Å². The third-order valence-electron chi connectivity index (χ3n) is 4.06. The molecule has 4 nitrogen and oxygen atoms in total. The van der Waals surface area contributed by atoms with Gasteiger partial charge >= 0.3 is 0 Å². The molecule has 2 aromatic carbocycles. The first-order valence-corrected chi connectivity index (χ1v) is 10.0. The fraction of sp³-hybridized carbons (Fsp3) is 0.0476. The predicted molar refractivity (Wildman–Crippen MR) is 113 cm³/mol. The maximum Gasteiger partial charge on any atom is 0.293 e. The molecule has 0 unspecified atom stereocenters. The van der Waals surface area contributed by atoms with Crippen molar-refractivity contribution in [2.45, 2.75) is 6.42 Å². The molecule has 0 aliphatic carbocycles. The molecule has 140 valence electrons. The molecule has 1 N–H and O–H groups in total. The van der Waals surface area contributed by atoms with Gasteiger partial charge in [0.25, 0.3) is 5.91 Å². The van der Waals surface area contributed by atoms with Crippen LogP contribution in [-0.2, 0) is 6.42 Å². The van der Waals surface area contributed by atoms with Gasteiger partial charge in [-0.25, -0.2) is 4.98 Å². The molecule has 4 rings (SSSR count). The number of anilines is 1. The Morgan fingerprint density at radius 1 is 1.04 bits per heavy atom. The normalized spacial score (nSPS) is 10.8. The van der Waals surface area contributed by atoms with Crippen molar-refractivity contribution < 1.29 is 9.21 Å². The van der Waals surface area contributed by atoms with Crippen LogP contribution in [-0.4, -0.2) is 10.9 Å². The van der Waals surface area contributed by atoms with E-state index < -0.39 is 0 Å². The second-order valence-electron chi connectivity index (χ2n) is 6.02. The molecule has 0 bridgehead atoms. The highest BCUT2D eigenvalue weighted by molar-refractivity contribution is 7.15. The molecule has 7 heteroatoms. The summed E-state index contributed by atoms with van der Waals surface area (Å²) < 4.78 is 5.67. The molecule has 2 aromatic heterocycles. The Morgan fingerprint density at radius 2 is 1.82 bits per heavy atom. The van der Waals surface area contributed by atoms with Crippen LogP contribution in [0.15, 0.2) is 71.3 Å². The molecule has 0 spiro atoms. The van der Waals surface area contributed by atoms with Gasteiger partial charge in [0, 0.05) is 33.1 Å². The Labute approximate surface area is 175 Å². The van der Waals surface area contributed by atoms with Crippen LogP contribution in [0.4, 0.5) is 5.13 Å². The van der Waals surface area contributed by atoms with E-state index in [1.54, 1.807) is 30.5 Å². The lowest BCUT2D eigenvalue weighted by atomic mass is 10.1. The molecule has 0 aliphatic rings. The summed E-state index contributed by atoms with van der Waals surface area (Å²) in [4.78, 5) is 17.7. The number of hydrogen-bond donors (Lipinski definition) is 1. The minimum absolute atomic E-state index is 0.216. The van der Waals surface area contributed by atoms with Gasteiger partial charge in [0.2, 0.25) is 0 Å². The molecule has 1 amide bonds. The van der Waals surface area contributed by atoms with E-state index in [9.17, 15) is 4.79 Å². The molecule has 4 aromatic rings. The number of rotatable bonds is 5. The Balaban J connectivity index is 1.44. The summed E-state index contributed by atoms with van der Waals surface area (Å²) in [5.74, 6) is 0.465. The highest BCUT2D eigenvalue weighted by atomic mass is 35.5.